The monoisotopic (exact) mass is 278 g/mol. The minimum Gasteiger partial charge on any atom is -0.399 e. The van der Waals surface area contributed by atoms with E-state index in [-0.39, 0.29) is 0 Å². The lowest BCUT2D eigenvalue weighted by Gasteiger charge is -2.22. The van der Waals surface area contributed by atoms with Gasteiger partial charge in [-0.15, -0.1) is 0 Å². The first-order chi connectivity index (χ1) is 10.1. The Morgan fingerprint density at radius 2 is 1.81 bits per heavy atom. The third kappa shape index (κ3) is 2.40. The summed E-state index contributed by atoms with van der Waals surface area (Å²) in [6.45, 7) is 4.21. The summed E-state index contributed by atoms with van der Waals surface area (Å²) < 4.78 is 0. The Kier molecular flexibility index (Phi) is 3.22. The molecule has 106 valence electrons. The summed E-state index contributed by atoms with van der Waals surface area (Å²) in [5, 5.41) is 0.995. The van der Waals surface area contributed by atoms with Gasteiger partial charge in [0.15, 0.2) is 0 Å². The van der Waals surface area contributed by atoms with Crippen LogP contribution in [0.3, 0.4) is 0 Å². The van der Waals surface area contributed by atoms with Crippen LogP contribution in [0.2, 0.25) is 0 Å². The Bertz CT molecular complexity index is 811. The van der Waals surface area contributed by atoms with Crippen molar-refractivity contribution in [3.8, 4) is 0 Å². The zero-order chi connectivity index (χ0) is 15.0. The third-order valence-electron chi connectivity index (χ3n) is 3.67. The Labute approximate surface area is 124 Å². The molecule has 0 bridgehead atoms. The number of nitrogen functional groups attached to an aromatic ring is 1. The number of hydrogen-bond donors (Lipinski definition) is 1. The van der Waals surface area contributed by atoms with Crippen molar-refractivity contribution in [2.75, 3.05) is 17.7 Å². The highest BCUT2D eigenvalue weighted by Crippen LogP contribution is 2.31. The summed E-state index contributed by atoms with van der Waals surface area (Å²) >= 11 is 0. The van der Waals surface area contributed by atoms with Gasteiger partial charge in [-0.05, 0) is 43.7 Å². The molecule has 0 aliphatic heterocycles. The summed E-state index contributed by atoms with van der Waals surface area (Å²) in [7, 11) is 2.02. The third-order valence-corrected chi connectivity index (χ3v) is 3.67. The molecule has 0 aliphatic rings. The highest BCUT2D eigenvalue weighted by molar-refractivity contribution is 5.93. The lowest BCUT2D eigenvalue weighted by atomic mass is 10.1. The quantitative estimate of drug-likeness (QED) is 0.728. The summed E-state index contributed by atoms with van der Waals surface area (Å²) in [5.74, 6) is 0.881. The normalized spacial score (nSPS) is 10.8. The first-order valence-electron chi connectivity index (χ1n) is 6.87. The molecule has 1 aromatic heterocycles. The highest BCUT2D eigenvalue weighted by atomic mass is 15.2. The second-order valence-electron chi connectivity index (χ2n) is 5.32. The van der Waals surface area contributed by atoms with Crippen molar-refractivity contribution in [2.45, 2.75) is 13.8 Å². The van der Waals surface area contributed by atoms with Crippen LogP contribution < -0.4 is 10.6 Å². The van der Waals surface area contributed by atoms with Gasteiger partial charge >= 0.3 is 0 Å². The number of benzene rings is 2. The van der Waals surface area contributed by atoms with Crippen LogP contribution in [0.5, 0.6) is 0 Å². The molecule has 0 amide bonds. The molecule has 0 aliphatic carbocycles. The maximum atomic E-state index is 5.83. The van der Waals surface area contributed by atoms with Gasteiger partial charge in [0.05, 0.1) is 5.52 Å². The molecule has 4 nitrogen and oxygen atoms in total. The van der Waals surface area contributed by atoms with E-state index in [1.807, 2.05) is 25.2 Å². The summed E-state index contributed by atoms with van der Waals surface area (Å²) in [6.07, 6.45) is 1.58. The van der Waals surface area contributed by atoms with Crippen molar-refractivity contribution in [1.29, 1.82) is 0 Å². The first kappa shape index (κ1) is 13.4. The van der Waals surface area contributed by atoms with Crippen LogP contribution in [0.1, 0.15) is 11.1 Å². The molecule has 4 heteroatoms. The fourth-order valence-corrected chi connectivity index (χ4v) is 2.62. The van der Waals surface area contributed by atoms with Crippen molar-refractivity contribution >= 4 is 28.1 Å². The Morgan fingerprint density at radius 3 is 2.57 bits per heavy atom. The van der Waals surface area contributed by atoms with E-state index in [9.17, 15) is 0 Å². The van der Waals surface area contributed by atoms with Gasteiger partial charge in [-0.1, -0.05) is 17.7 Å². The van der Waals surface area contributed by atoms with Crippen molar-refractivity contribution in [3.63, 3.8) is 0 Å². The molecule has 0 unspecified atom stereocenters. The first-order valence-corrected chi connectivity index (χ1v) is 6.87. The van der Waals surface area contributed by atoms with E-state index < -0.39 is 0 Å². The Hall–Kier alpha value is -2.62. The molecule has 2 N–H and O–H groups in total. The number of nitrogens with zero attached hydrogens (tertiary/aromatic N) is 3. The Morgan fingerprint density at radius 1 is 1.00 bits per heavy atom. The zero-order valence-electron chi connectivity index (χ0n) is 12.5. The molecule has 0 fully saturated rings. The van der Waals surface area contributed by atoms with E-state index in [1.54, 1.807) is 6.33 Å². The van der Waals surface area contributed by atoms with E-state index in [0.717, 1.165) is 22.4 Å². The molecule has 0 saturated heterocycles. The van der Waals surface area contributed by atoms with E-state index in [4.69, 9.17) is 5.73 Å². The Balaban J connectivity index is 2.15. The summed E-state index contributed by atoms with van der Waals surface area (Å²) in [5.41, 5.74) is 11.0. The van der Waals surface area contributed by atoms with E-state index >= 15 is 0 Å². The smallest absolute Gasteiger partial charge is 0.144 e. The van der Waals surface area contributed by atoms with Gasteiger partial charge in [-0.2, -0.15) is 0 Å². The molecule has 1 heterocycles. The minimum absolute atomic E-state index is 0.710. The minimum atomic E-state index is 0.710. The number of rotatable bonds is 2. The number of aromatic nitrogens is 2. The lowest BCUT2D eigenvalue weighted by Crippen LogP contribution is -2.13. The molecule has 2 aromatic carbocycles. The van der Waals surface area contributed by atoms with Crippen LogP contribution >= 0.6 is 0 Å². The number of nitrogens with two attached hydrogens (primary N) is 1. The molecule has 0 spiro atoms. The maximum Gasteiger partial charge on any atom is 0.144 e. The SMILES string of the molecule is Cc1ccc(N(C)c2ncnc3cc(N)ccc23)c(C)c1. The van der Waals surface area contributed by atoms with Crippen LogP contribution in [0.4, 0.5) is 17.2 Å². The number of fused-ring (bicyclic) bond motifs is 1. The molecule has 21 heavy (non-hydrogen) atoms. The molecule has 0 atom stereocenters. The van der Waals surface area contributed by atoms with Gasteiger partial charge in [0, 0.05) is 23.8 Å². The second kappa shape index (κ2) is 5.05. The van der Waals surface area contributed by atoms with Crippen LogP contribution in [-0.2, 0) is 0 Å². The summed E-state index contributed by atoms with van der Waals surface area (Å²) in [6, 6.07) is 12.1. The molecular formula is C17H18N4. The van der Waals surface area contributed by atoms with Crippen LogP contribution in [0, 0.1) is 13.8 Å². The van der Waals surface area contributed by atoms with Gasteiger partial charge in [-0.25, -0.2) is 9.97 Å². The van der Waals surface area contributed by atoms with E-state index in [2.05, 4.69) is 46.9 Å². The van der Waals surface area contributed by atoms with Crippen molar-refractivity contribution < 1.29 is 0 Å². The zero-order valence-corrected chi connectivity index (χ0v) is 12.5. The number of hydrogen-bond acceptors (Lipinski definition) is 4. The second-order valence-corrected chi connectivity index (χ2v) is 5.32. The lowest BCUT2D eigenvalue weighted by molar-refractivity contribution is 1.10. The van der Waals surface area contributed by atoms with Crippen molar-refractivity contribution in [2.24, 2.45) is 0 Å². The average molecular weight is 278 g/mol. The number of aryl methyl sites for hydroxylation is 2. The molecular weight excluding hydrogens is 260 g/mol. The van der Waals surface area contributed by atoms with Gasteiger partial charge in [0.25, 0.3) is 0 Å². The molecule has 0 saturated carbocycles. The van der Waals surface area contributed by atoms with Gasteiger partial charge in [0.2, 0.25) is 0 Å². The summed E-state index contributed by atoms with van der Waals surface area (Å²) in [4.78, 5) is 10.8. The maximum absolute atomic E-state index is 5.83. The van der Waals surface area contributed by atoms with Gasteiger partial charge < -0.3 is 10.6 Å². The molecule has 0 radical (unpaired) electrons. The molecule has 3 aromatic rings. The predicted octanol–water partition coefficient (Wildman–Crippen LogP) is 3.60. The van der Waals surface area contributed by atoms with Gasteiger partial charge in [0.1, 0.15) is 12.1 Å². The fraction of sp³-hybridized carbons (Fsp3) is 0.176. The van der Waals surface area contributed by atoms with Crippen LogP contribution in [0.15, 0.2) is 42.7 Å². The van der Waals surface area contributed by atoms with E-state index in [0.29, 0.717) is 5.69 Å². The van der Waals surface area contributed by atoms with Crippen LogP contribution in [0.25, 0.3) is 10.9 Å². The largest absolute Gasteiger partial charge is 0.399 e. The van der Waals surface area contributed by atoms with Crippen molar-refractivity contribution in [1.82, 2.24) is 9.97 Å². The van der Waals surface area contributed by atoms with Crippen molar-refractivity contribution in [3.05, 3.63) is 53.9 Å². The average Bonchev–Trinajstić information content (AvgIpc) is 2.45. The topological polar surface area (TPSA) is 55.0 Å². The van der Waals surface area contributed by atoms with Gasteiger partial charge in [-0.3, -0.25) is 0 Å². The molecule has 3 rings (SSSR count). The fourth-order valence-electron chi connectivity index (χ4n) is 2.62. The predicted molar refractivity (Wildman–Crippen MR) is 87.9 cm³/mol. The highest BCUT2D eigenvalue weighted by Gasteiger charge is 2.12. The standard InChI is InChI=1S/C17H18N4/c1-11-4-7-16(12(2)8-11)21(3)17-14-6-5-13(18)9-15(14)19-10-20-17/h4-10H,18H2,1-3H3. The van der Waals surface area contributed by atoms with E-state index in [1.165, 1.54) is 11.1 Å². The number of anilines is 3. The van der Waals surface area contributed by atoms with Crippen LogP contribution in [-0.4, -0.2) is 17.0 Å².